The van der Waals surface area contributed by atoms with Crippen LogP contribution in [0, 0.1) is 0 Å². The Bertz CT molecular complexity index is 811. The van der Waals surface area contributed by atoms with Gasteiger partial charge in [0.25, 0.3) is 0 Å². The Morgan fingerprint density at radius 3 is 2.10 bits per heavy atom. The highest BCUT2D eigenvalue weighted by Gasteiger charge is 2.20. The molecular formula is C15H13NO4S. The van der Waals surface area contributed by atoms with Crippen LogP contribution in [-0.2, 0) is 9.84 Å². The first-order chi connectivity index (χ1) is 9.80. The van der Waals surface area contributed by atoms with Gasteiger partial charge in [-0.2, -0.15) is 0 Å². The maximum atomic E-state index is 12.3. The lowest BCUT2D eigenvalue weighted by atomic mass is 10.0. The molecule has 2 N–H and O–H groups in total. The lowest BCUT2D eigenvalue weighted by molar-refractivity contribution is 0.0993. The van der Waals surface area contributed by atoms with E-state index in [0.29, 0.717) is 5.56 Å². The molecule has 0 saturated carbocycles. The zero-order chi connectivity index (χ0) is 15.6. The lowest BCUT2D eigenvalue weighted by Crippen LogP contribution is -2.17. The molecule has 0 spiro atoms. The molecule has 0 unspecified atom stereocenters. The fraction of sp³-hybridized carbons (Fsp3) is 0.0667. The minimum atomic E-state index is -3.67. The van der Waals surface area contributed by atoms with Crippen LogP contribution in [0.3, 0.4) is 0 Å². The van der Waals surface area contributed by atoms with E-state index >= 15 is 0 Å². The van der Waals surface area contributed by atoms with Crippen molar-refractivity contribution in [3.8, 4) is 0 Å². The molecule has 0 bridgehead atoms. The van der Waals surface area contributed by atoms with Crippen molar-refractivity contribution in [3.63, 3.8) is 0 Å². The van der Waals surface area contributed by atoms with Crippen LogP contribution in [0.4, 0.5) is 0 Å². The number of primary amides is 1. The molecule has 0 fully saturated rings. The lowest BCUT2D eigenvalue weighted by Gasteiger charge is -2.08. The normalized spacial score (nSPS) is 11.1. The van der Waals surface area contributed by atoms with E-state index in [1.54, 1.807) is 30.3 Å². The van der Waals surface area contributed by atoms with Gasteiger partial charge in [-0.15, -0.1) is 0 Å². The van der Waals surface area contributed by atoms with Crippen molar-refractivity contribution in [1.29, 1.82) is 0 Å². The van der Waals surface area contributed by atoms with E-state index in [9.17, 15) is 18.0 Å². The molecule has 1 amide bonds. The highest BCUT2D eigenvalue weighted by atomic mass is 32.2. The monoisotopic (exact) mass is 303 g/mol. The van der Waals surface area contributed by atoms with E-state index in [1.165, 1.54) is 18.2 Å². The number of ketones is 1. The van der Waals surface area contributed by atoms with Gasteiger partial charge >= 0.3 is 0 Å². The molecule has 0 saturated heterocycles. The first-order valence-electron chi connectivity index (χ1n) is 6.04. The predicted molar refractivity (Wildman–Crippen MR) is 77.9 cm³/mol. The fourth-order valence-corrected chi connectivity index (χ4v) is 2.84. The van der Waals surface area contributed by atoms with Crippen LogP contribution in [0.5, 0.6) is 0 Å². The smallest absolute Gasteiger partial charge is 0.250 e. The minimum Gasteiger partial charge on any atom is -0.366 e. The van der Waals surface area contributed by atoms with Crippen LogP contribution in [0.25, 0.3) is 0 Å². The molecule has 0 heterocycles. The van der Waals surface area contributed by atoms with Gasteiger partial charge in [-0.25, -0.2) is 8.42 Å². The molecule has 21 heavy (non-hydrogen) atoms. The number of nitrogens with two attached hydrogens (primary N) is 1. The summed E-state index contributed by atoms with van der Waals surface area (Å²) in [7, 11) is -3.67. The molecule has 108 valence electrons. The Morgan fingerprint density at radius 2 is 1.57 bits per heavy atom. The standard InChI is InChI=1S/C15H13NO4S/c1-21(19,20)13-9-11(7-8-12(13)15(16)18)14(17)10-5-3-2-4-6-10/h2-9H,1H3,(H2,16,18). The first-order valence-corrected chi connectivity index (χ1v) is 7.93. The fourth-order valence-electron chi connectivity index (χ4n) is 1.93. The number of benzene rings is 2. The Labute approximate surface area is 122 Å². The van der Waals surface area contributed by atoms with Crippen LogP contribution >= 0.6 is 0 Å². The molecule has 0 atom stereocenters. The average Bonchev–Trinajstić information content (AvgIpc) is 2.45. The third-order valence-corrected chi connectivity index (χ3v) is 4.08. The van der Waals surface area contributed by atoms with Crippen LogP contribution in [0.1, 0.15) is 26.3 Å². The maximum Gasteiger partial charge on any atom is 0.250 e. The number of rotatable bonds is 4. The van der Waals surface area contributed by atoms with Gasteiger partial charge in [0.1, 0.15) is 0 Å². The minimum absolute atomic E-state index is 0.123. The summed E-state index contributed by atoms with van der Waals surface area (Å²) < 4.78 is 23.5. The van der Waals surface area contributed by atoms with Gasteiger partial charge in [0.2, 0.25) is 5.91 Å². The highest BCUT2D eigenvalue weighted by Crippen LogP contribution is 2.19. The molecule has 2 aromatic carbocycles. The summed E-state index contributed by atoms with van der Waals surface area (Å²) in [5, 5.41) is 0. The van der Waals surface area contributed by atoms with Gasteiger partial charge in [-0.1, -0.05) is 36.4 Å². The van der Waals surface area contributed by atoms with E-state index in [1.807, 2.05) is 0 Å². The zero-order valence-electron chi connectivity index (χ0n) is 11.2. The van der Waals surface area contributed by atoms with Gasteiger partial charge in [0.15, 0.2) is 15.6 Å². The number of hydrogen-bond acceptors (Lipinski definition) is 4. The molecule has 6 heteroatoms. The van der Waals surface area contributed by atoms with Crippen molar-refractivity contribution in [3.05, 3.63) is 65.2 Å². The second-order valence-corrected chi connectivity index (χ2v) is 6.53. The predicted octanol–water partition coefficient (Wildman–Crippen LogP) is 1.42. The molecular weight excluding hydrogens is 290 g/mol. The number of carbonyl (C=O) groups is 2. The topological polar surface area (TPSA) is 94.3 Å². The van der Waals surface area contributed by atoms with E-state index in [-0.39, 0.29) is 21.8 Å². The summed E-state index contributed by atoms with van der Waals surface area (Å²) in [6, 6.07) is 12.3. The SMILES string of the molecule is CS(=O)(=O)c1cc(C(=O)c2ccccc2)ccc1C(N)=O. The summed E-state index contributed by atoms with van der Waals surface area (Å²) in [6.07, 6.45) is 0.964. The Kier molecular flexibility index (Phi) is 3.90. The highest BCUT2D eigenvalue weighted by molar-refractivity contribution is 7.90. The van der Waals surface area contributed by atoms with E-state index in [0.717, 1.165) is 6.26 Å². The molecule has 0 aliphatic carbocycles. The molecule has 0 aliphatic heterocycles. The third-order valence-electron chi connectivity index (χ3n) is 2.94. The molecule has 0 radical (unpaired) electrons. The van der Waals surface area contributed by atoms with Crippen molar-refractivity contribution in [2.24, 2.45) is 5.73 Å². The van der Waals surface area contributed by atoms with Gasteiger partial charge in [-0.05, 0) is 12.1 Å². The summed E-state index contributed by atoms with van der Waals surface area (Å²) in [6.45, 7) is 0. The number of amides is 1. The van der Waals surface area contributed by atoms with E-state index in [4.69, 9.17) is 5.73 Å². The molecule has 0 aliphatic rings. The summed E-state index contributed by atoms with van der Waals surface area (Å²) in [4.78, 5) is 23.3. The van der Waals surface area contributed by atoms with Gasteiger partial charge in [-0.3, -0.25) is 9.59 Å². The van der Waals surface area contributed by atoms with Crippen LogP contribution in [-0.4, -0.2) is 26.4 Å². The van der Waals surface area contributed by atoms with Crippen LogP contribution in [0.15, 0.2) is 53.4 Å². The Balaban J connectivity index is 2.58. The molecule has 2 rings (SSSR count). The third kappa shape index (κ3) is 3.17. The number of carbonyl (C=O) groups excluding carboxylic acids is 2. The van der Waals surface area contributed by atoms with Gasteiger partial charge in [0.05, 0.1) is 10.5 Å². The Morgan fingerprint density at radius 1 is 0.952 bits per heavy atom. The maximum absolute atomic E-state index is 12.3. The Hall–Kier alpha value is -2.47. The van der Waals surface area contributed by atoms with Crippen molar-refractivity contribution in [2.45, 2.75) is 4.90 Å². The summed E-state index contributed by atoms with van der Waals surface area (Å²) in [5.74, 6) is -1.18. The van der Waals surface area contributed by atoms with E-state index in [2.05, 4.69) is 0 Å². The number of sulfone groups is 1. The van der Waals surface area contributed by atoms with Crippen LogP contribution in [0.2, 0.25) is 0 Å². The van der Waals surface area contributed by atoms with Gasteiger partial charge in [0, 0.05) is 17.4 Å². The van der Waals surface area contributed by atoms with Crippen molar-refractivity contribution >= 4 is 21.5 Å². The first kappa shape index (κ1) is 14.9. The molecule has 0 aromatic heterocycles. The molecule has 2 aromatic rings. The second-order valence-electron chi connectivity index (χ2n) is 4.54. The number of hydrogen-bond donors (Lipinski definition) is 1. The van der Waals surface area contributed by atoms with Crippen molar-refractivity contribution < 1.29 is 18.0 Å². The summed E-state index contributed by atoms with van der Waals surface area (Å²) in [5.41, 5.74) is 5.66. The van der Waals surface area contributed by atoms with Gasteiger partial charge < -0.3 is 5.73 Å². The molecule has 5 nitrogen and oxygen atoms in total. The zero-order valence-corrected chi connectivity index (χ0v) is 12.1. The van der Waals surface area contributed by atoms with Crippen molar-refractivity contribution in [1.82, 2.24) is 0 Å². The quantitative estimate of drug-likeness (QED) is 0.864. The second kappa shape index (κ2) is 5.49. The summed E-state index contributed by atoms with van der Waals surface area (Å²) >= 11 is 0. The van der Waals surface area contributed by atoms with E-state index < -0.39 is 15.7 Å². The average molecular weight is 303 g/mol. The van der Waals surface area contributed by atoms with Crippen molar-refractivity contribution in [2.75, 3.05) is 6.26 Å². The largest absolute Gasteiger partial charge is 0.366 e. The van der Waals surface area contributed by atoms with Crippen LogP contribution < -0.4 is 5.73 Å².